The molecular formula is C22H16N2O4. The third-order valence-corrected chi connectivity index (χ3v) is 4.28. The Kier molecular flexibility index (Phi) is 5.47. The Morgan fingerprint density at radius 3 is 2.46 bits per heavy atom. The summed E-state index contributed by atoms with van der Waals surface area (Å²) in [4.78, 5) is 33.5. The maximum Gasteiger partial charge on any atom is 0.372 e. The van der Waals surface area contributed by atoms with Gasteiger partial charge in [0.15, 0.2) is 5.78 Å². The molecule has 0 spiro atoms. The molecule has 0 aliphatic heterocycles. The summed E-state index contributed by atoms with van der Waals surface area (Å²) in [6.45, 7) is 0.589. The van der Waals surface area contributed by atoms with Crippen LogP contribution in [-0.2, 0) is 20.9 Å². The minimum absolute atomic E-state index is 0.559. The lowest BCUT2D eigenvalue weighted by molar-refractivity contribution is -0.149. The molecule has 0 fully saturated rings. The van der Waals surface area contributed by atoms with E-state index in [-0.39, 0.29) is 0 Å². The molecule has 0 atom stereocenters. The van der Waals surface area contributed by atoms with Gasteiger partial charge in [-0.15, -0.1) is 0 Å². The van der Waals surface area contributed by atoms with Crippen molar-refractivity contribution in [1.82, 2.24) is 4.57 Å². The highest BCUT2D eigenvalue weighted by molar-refractivity contribution is 6.37. The molecule has 1 N–H and O–H groups in total. The first-order chi connectivity index (χ1) is 13.5. The van der Waals surface area contributed by atoms with Gasteiger partial charge in [0.1, 0.15) is 0 Å². The van der Waals surface area contributed by atoms with Gasteiger partial charge < -0.3 is 9.67 Å². The number of nitrogens with zero attached hydrogens (tertiary/aromatic N) is 2. The van der Waals surface area contributed by atoms with Crippen molar-refractivity contribution in [3.8, 4) is 6.07 Å². The molecule has 3 aromatic rings. The van der Waals surface area contributed by atoms with E-state index in [1.165, 1.54) is 6.08 Å². The molecule has 138 valence electrons. The number of allylic oxidation sites excluding steroid dienone is 1. The topological polar surface area (TPSA) is 100 Å². The van der Waals surface area contributed by atoms with E-state index in [0.29, 0.717) is 12.1 Å². The third kappa shape index (κ3) is 4.22. The fourth-order valence-corrected chi connectivity index (χ4v) is 2.90. The van der Waals surface area contributed by atoms with Gasteiger partial charge in [-0.3, -0.25) is 9.59 Å². The number of benzene rings is 2. The fraction of sp³-hybridized carbons (Fsp3) is 0.0909. The van der Waals surface area contributed by atoms with Crippen LogP contribution in [0.25, 0.3) is 17.0 Å². The van der Waals surface area contributed by atoms with Crippen LogP contribution in [0.15, 0.2) is 60.8 Å². The first-order valence-electron chi connectivity index (χ1n) is 8.52. The van der Waals surface area contributed by atoms with E-state index >= 15 is 0 Å². The number of carboxylic acids is 1. The number of nitriles is 1. The van der Waals surface area contributed by atoms with Crippen molar-refractivity contribution >= 4 is 34.5 Å². The summed E-state index contributed by atoms with van der Waals surface area (Å²) >= 11 is 0. The number of Topliss-reactive ketones (excluding diaryl/α,β-unsaturated/α-hetero) is 1. The van der Waals surface area contributed by atoms with Crippen LogP contribution in [0.3, 0.4) is 0 Å². The lowest BCUT2D eigenvalue weighted by Gasteiger charge is -2.05. The number of rotatable bonds is 7. The van der Waals surface area contributed by atoms with E-state index in [0.717, 1.165) is 22.0 Å². The molecule has 0 aliphatic rings. The van der Waals surface area contributed by atoms with Crippen molar-refractivity contribution < 1.29 is 19.5 Å². The maximum atomic E-state index is 11.8. The molecule has 0 bridgehead atoms. The zero-order valence-electron chi connectivity index (χ0n) is 14.8. The van der Waals surface area contributed by atoms with E-state index in [2.05, 4.69) is 6.07 Å². The molecule has 6 nitrogen and oxygen atoms in total. The van der Waals surface area contributed by atoms with Crippen molar-refractivity contribution in [2.24, 2.45) is 0 Å². The average Bonchev–Trinajstić information content (AvgIpc) is 3.04. The SMILES string of the molecule is N#Cc1ccc(Cn2cc(/C=C/C(=O)CC(=O)C(=O)O)c3ccccc32)cc1. The zero-order chi connectivity index (χ0) is 20.1. The van der Waals surface area contributed by atoms with E-state index in [4.69, 9.17) is 10.4 Å². The largest absolute Gasteiger partial charge is 0.475 e. The third-order valence-electron chi connectivity index (χ3n) is 4.28. The summed E-state index contributed by atoms with van der Waals surface area (Å²) in [5, 5.41) is 18.4. The quantitative estimate of drug-likeness (QED) is 0.390. The second-order valence-electron chi connectivity index (χ2n) is 6.24. The van der Waals surface area contributed by atoms with Crippen molar-refractivity contribution in [2.45, 2.75) is 13.0 Å². The van der Waals surface area contributed by atoms with E-state index in [1.54, 1.807) is 18.2 Å². The number of fused-ring (bicyclic) bond motifs is 1. The average molecular weight is 372 g/mol. The molecule has 0 radical (unpaired) electrons. The van der Waals surface area contributed by atoms with Crippen LogP contribution in [-0.4, -0.2) is 27.2 Å². The predicted molar refractivity (Wildman–Crippen MR) is 103 cm³/mol. The molecule has 6 heteroatoms. The Morgan fingerprint density at radius 2 is 1.79 bits per heavy atom. The van der Waals surface area contributed by atoms with Gasteiger partial charge in [-0.1, -0.05) is 30.3 Å². The van der Waals surface area contributed by atoms with Crippen LogP contribution in [0.4, 0.5) is 0 Å². The number of carbonyl (C=O) groups excluding carboxylic acids is 2. The molecule has 0 amide bonds. The highest BCUT2D eigenvalue weighted by Crippen LogP contribution is 2.23. The second kappa shape index (κ2) is 8.14. The highest BCUT2D eigenvalue weighted by Gasteiger charge is 2.14. The summed E-state index contributed by atoms with van der Waals surface area (Å²) in [7, 11) is 0. The van der Waals surface area contributed by atoms with Gasteiger partial charge in [0.05, 0.1) is 18.1 Å². The molecule has 1 aromatic heterocycles. The number of hydrogen-bond acceptors (Lipinski definition) is 4. The minimum atomic E-state index is -1.61. The number of aliphatic carboxylic acids is 1. The van der Waals surface area contributed by atoms with Crippen LogP contribution in [0.5, 0.6) is 0 Å². The summed E-state index contributed by atoms with van der Waals surface area (Å²) in [5.41, 5.74) is 3.39. The van der Waals surface area contributed by atoms with E-state index < -0.39 is 24.0 Å². The Hall–Kier alpha value is -3.98. The fourth-order valence-electron chi connectivity index (χ4n) is 2.90. The number of aromatic nitrogens is 1. The smallest absolute Gasteiger partial charge is 0.372 e. The molecular weight excluding hydrogens is 356 g/mol. The first-order valence-corrected chi connectivity index (χ1v) is 8.52. The van der Waals surface area contributed by atoms with E-state index in [9.17, 15) is 14.4 Å². The van der Waals surface area contributed by atoms with Crippen molar-refractivity contribution in [1.29, 1.82) is 5.26 Å². The van der Waals surface area contributed by atoms with Crippen molar-refractivity contribution in [3.63, 3.8) is 0 Å². The zero-order valence-corrected chi connectivity index (χ0v) is 14.8. The van der Waals surface area contributed by atoms with Gasteiger partial charge in [0, 0.05) is 29.2 Å². The van der Waals surface area contributed by atoms with Crippen molar-refractivity contribution in [3.05, 3.63) is 77.5 Å². The summed E-state index contributed by atoms with van der Waals surface area (Å²) in [5.74, 6) is -3.30. The molecule has 0 unspecified atom stereocenters. The number of hydrogen-bond donors (Lipinski definition) is 1. The van der Waals surface area contributed by atoms with Crippen LogP contribution in [0.1, 0.15) is 23.1 Å². The van der Waals surface area contributed by atoms with Gasteiger partial charge in [-0.2, -0.15) is 5.26 Å². The summed E-state index contributed by atoms with van der Waals surface area (Å²) in [6, 6.07) is 17.1. The number of carbonyl (C=O) groups is 3. The Balaban J connectivity index is 1.87. The van der Waals surface area contributed by atoms with Gasteiger partial charge >= 0.3 is 5.97 Å². The van der Waals surface area contributed by atoms with Gasteiger partial charge in [-0.25, -0.2) is 4.79 Å². The van der Waals surface area contributed by atoms with Crippen molar-refractivity contribution in [2.75, 3.05) is 0 Å². The second-order valence-corrected chi connectivity index (χ2v) is 6.24. The Bertz CT molecular complexity index is 1130. The van der Waals surface area contributed by atoms with Gasteiger partial charge in [0.25, 0.3) is 0 Å². The monoisotopic (exact) mass is 372 g/mol. The van der Waals surface area contributed by atoms with Crippen LogP contribution >= 0.6 is 0 Å². The van der Waals surface area contributed by atoms with Gasteiger partial charge in [0.2, 0.25) is 5.78 Å². The number of carboxylic acid groups (broad SMARTS) is 1. The van der Waals surface area contributed by atoms with Crippen LogP contribution in [0.2, 0.25) is 0 Å². The predicted octanol–water partition coefficient (Wildman–Crippen LogP) is 3.19. The first kappa shape index (κ1) is 18.8. The van der Waals surface area contributed by atoms with E-state index in [1.807, 2.05) is 47.2 Å². The molecule has 3 rings (SSSR count). The molecule has 2 aromatic carbocycles. The Morgan fingerprint density at radius 1 is 1.07 bits per heavy atom. The van der Waals surface area contributed by atoms with Gasteiger partial charge in [-0.05, 0) is 35.9 Å². The number of para-hydroxylation sites is 1. The summed E-state index contributed by atoms with van der Waals surface area (Å²) < 4.78 is 2.03. The Labute approximate surface area is 160 Å². The number of ketones is 2. The molecule has 0 saturated carbocycles. The molecule has 28 heavy (non-hydrogen) atoms. The summed E-state index contributed by atoms with van der Waals surface area (Å²) in [6.07, 6.45) is 4.06. The highest BCUT2D eigenvalue weighted by atomic mass is 16.4. The lowest BCUT2D eigenvalue weighted by Crippen LogP contribution is -2.15. The molecule has 0 aliphatic carbocycles. The normalized spacial score (nSPS) is 10.8. The molecule has 1 heterocycles. The minimum Gasteiger partial charge on any atom is -0.475 e. The molecule has 0 saturated heterocycles. The van der Waals surface area contributed by atoms with Crippen LogP contribution in [0, 0.1) is 11.3 Å². The van der Waals surface area contributed by atoms with Crippen LogP contribution < -0.4 is 0 Å². The standard InChI is InChI=1S/C22H16N2O4/c23-12-15-5-7-16(8-6-15)13-24-14-17(19-3-1-2-4-20(19)24)9-10-18(25)11-21(26)22(27)28/h1-10,14H,11,13H2,(H,27,28)/b10-9+. The maximum absolute atomic E-state index is 11.8. The lowest BCUT2D eigenvalue weighted by atomic mass is 10.1.